The summed E-state index contributed by atoms with van der Waals surface area (Å²) >= 11 is 0. The number of benzene rings is 1. The van der Waals surface area contributed by atoms with Gasteiger partial charge in [-0.3, -0.25) is 5.10 Å². The minimum absolute atomic E-state index is 0.819. The zero-order valence-electron chi connectivity index (χ0n) is 10.8. The molecule has 0 fully saturated rings. The van der Waals surface area contributed by atoms with Crippen LogP contribution in [0.5, 0.6) is 0 Å². The molecule has 106 valence electrons. The molecule has 20 heavy (non-hydrogen) atoms. The van der Waals surface area contributed by atoms with Gasteiger partial charge >= 0.3 is 11.9 Å². The first kappa shape index (κ1) is 15.4. The molecule has 0 saturated heterocycles. The Morgan fingerprint density at radius 1 is 1.20 bits per heavy atom. The van der Waals surface area contributed by atoms with E-state index < -0.39 is 11.9 Å². The third kappa shape index (κ3) is 4.91. The maximum Gasteiger partial charge on any atom is 0.414 e. The molecule has 0 saturated carbocycles. The van der Waals surface area contributed by atoms with Gasteiger partial charge in [0.1, 0.15) is 0 Å². The maximum atomic E-state index is 9.10. The summed E-state index contributed by atoms with van der Waals surface area (Å²) in [5.41, 5.74) is 3.24. The van der Waals surface area contributed by atoms with Crippen molar-refractivity contribution >= 4 is 11.9 Å². The smallest absolute Gasteiger partial charge is 0.414 e. The lowest BCUT2D eigenvalue weighted by Gasteiger charge is -1.93. The van der Waals surface area contributed by atoms with Crippen LogP contribution in [0.3, 0.4) is 0 Å². The summed E-state index contributed by atoms with van der Waals surface area (Å²) in [6.07, 6.45) is 0. The van der Waals surface area contributed by atoms with Gasteiger partial charge in [0, 0.05) is 17.8 Å². The van der Waals surface area contributed by atoms with Gasteiger partial charge < -0.3 is 15.5 Å². The normalized spacial score (nSPS) is 9.45. The Balaban J connectivity index is 0.000000286. The fraction of sp³-hybridized carbons (Fsp3) is 0.154. The molecule has 4 N–H and O–H groups in total. The molecule has 1 aromatic heterocycles. The van der Waals surface area contributed by atoms with Gasteiger partial charge in [-0.15, -0.1) is 0 Å². The molecule has 1 heterocycles. The molecule has 7 heteroatoms. The van der Waals surface area contributed by atoms with Gasteiger partial charge in [0.25, 0.3) is 0 Å². The standard InChI is InChI=1S/C11H13N3.C2H2O4/c1-12-8-10-7-11(14-13-10)9-5-3-2-4-6-9;3-1(4)2(5)6/h2-7,12H,8H2,1H3,(H,13,14);(H,3,4)(H,5,6). The number of carbonyl (C=O) groups is 2. The van der Waals surface area contributed by atoms with Crippen molar-refractivity contribution in [1.82, 2.24) is 15.5 Å². The zero-order chi connectivity index (χ0) is 15.0. The van der Waals surface area contributed by atoms with Crippen molar-refractivity contribution in [2.24, 2.45) is 0 Å². The van der Waals surface area contributed by atoms with Crippen molar-refractivity contribution in [3.63, 3.8) is 0 Å². The number of hydrogen-bond donors (Lipinski definition) is 4. The van der Waals surface area contributed by atoms with E-state index >= 15 is 0 Å². The van der Waals surface area contributed by atoms with E-state index in [1.54, 1.807) is 0 Å². The molecule has 0 amide bonds. The molecule has 0 atom stereocenters. The van der Waals surface area contributed by atoms with Crippen LogP contribution in [-0.2, 0) is 16.1 Å². The summed E-state index contributed by atoms with van der Waals surface area (Å²) in [6, 6.07) is 12.2. The third-order valence-corrected chi connectivity index (χ3v) is 2.25. The van der Waals surface area contributed by atoms with Crippen LogP contribution in [0.1, 0.15) is 5.69 Å². The second-order valence-electron chi connectivity index (χ2n) is 3.79. The third-order valence-electron chi connectivity index (χ3n) is 2.25. The number of aliphatic carboxylic acids is 2. The van der Waals surface area contributed by atoms with Crippen LogP contribution in [0.4, 0.5) is 0 Å². The lowest BCUT2D eigenvalue weighted by Crippen LogP contribution is -2.09. The number of carboxylic acids is 2. The lowest BCUT2D eigenvalue weighted by molar-refractivity contribution is -0.159. The number of hydrogen-bond acceptors (Lipinski definition) is 4. The van der Waals surface area contributed by atoms with Crippen molar-refractivity contribution in [1.29, 1.82) is 0 Å². The van der Waals surface area contributed by atoms with Crippen LogP contribution < -0.4 is 5.32 Å². The van der Waals surface area contributed by atoms with Crippen LogP contribution in [-0.4, -0.2) is 39.4 Å². The second-order valence-corrected chi connectivity index (χ2v) is 3.79. The Hall–Kier alpha value is -2.67. The summed E-state index contributed by atoms with van der Waals surface area (Å²) in [4.78, 5) is 18.2. The molecular weight excluding hydrogens is 262 g/mol. The van der Waals surface area contributed by atoms with Gasteiger partial charge in [0.2, 0.25) is 0 Å². The molecule has 0 aliphatic rings. The van der Waals surface area contributed by atoms with Crippen molar-refractivity contribution < 1.29 is 19.8 Å². The van der Waals surface area contributed by atoms with Crippen LogP contribution in [0.15, 0.2) is 36.4 Å². The van der Waals surface area contributed by atoms with Crippen molar-refractivity contribution in [2.75, 3.05) is 7.05 Å². The predicted molar refractivity (Wildman–Crippen MR) is 72.1 cm³/mol. The number of nitrogens with one attached hydrogen (secondary N) is 2. The fourth-order valence-corrected chi connectivity index (χ4v) is 1.40. The van der Waals surface area contributed by atoms with Crippen molar-refractivity contribution in [2.45, 2.75) is 6.54 Å². The Morgan fingerprint density at radius 2 is 1.80 bits per heavy atom. The van der Waals surface area contributed by atoms with Crippen LogP contribution >= 0.6 is 0 Å². The van der Waals surface area contributed by atoms with E-state index in [2.05, 4.69) is 33.7 Å². The van der Waals surface area contributed by atoms with E-state index in [1.807, 2.05) is 25.2 Å². The fourth-order valence-electron chi connectivity index (χ4n) is 1.40. The molecule has 0 aliphatic carbocycles. The number of rotatable bonds is 3. The summed E-state index contributed by atoms with van der Waals surface area (Å²) < 4.78 is 0. The van der Waals surface area contributed by atoms with Crippen LogP contribution in [0.25, 0.3) is 11.3 Å². The summed E-state index contributed by atoms with van der Waals surface area (Å²) in [7, 11) is 1.92. The molecule has 1 aromatic carbocycles. The highest BCUT2D eigenvalue weighted by atomic mass is 16.4. The SMILES string of the molecule is CNCc1cc(-c2ccccc2)n[nH]1.O=C(O)C(=O)O. The molecule has 7 nitrogen and oxygen atoms in total. The van der Waals surface area contributed by atoms with E-state index in [9.17, 15) is 0 Å². The highest BCUT2D eigenvalue weighted by Gasteiger charge is 2.04. The first-order chi connectivity index (χ1) is 9.54. The monoisotopic (exact) mass is 277 g/mol. The molecule has 2 rings (SSSR count). The van der Waals surface area contributed by atoms with E-state index in [1.165, 1.54) is 0 Å². The zero-order valence-corrected chi connectivity index (χ0v) is 10.8. The molecule has 0 bridgehead atoms. The second kappa shape index (κ2) is 7.70. The predicted octanol–water partition coefficient (Wildman–Crippen LogP) is 0.952. The number of H-pyrrole nitrogens is 1. The molecule has 2 aromatic rings. The van der Waals surface area contributed by atoms with Gasteiger partial charge in [-0.25, -0.2) is 9.59 Å². The molecule has 0 unspecified atom stereocenters. The van der Waals surface area contributed by atoms with Crippen LogP contribution in [0.2, 0.25) is 0 Å². The van der Waals surface area contributed by atoms with E-state index in [0.717, 1.165) is 23.5 Å². The molecule has 0 spiro atoms. The molecule has 0 aliphatic heterocycles. The topological polar surface area (TPSA) is 115 Å². The Kier molecular flexibility index (Phi) is 5.92. The van der Waals surface area contributed by atoms with E-state index in [4.69, 9.17) is 19.8 Å². The first-order valence-corrected chi connectivity index (χ1v) is 5.75. The Labute approximate surface area is 115 Å². The van der Waals surface area contributed by atoms with Gasteiger partial charge in [-0.1, -0.05) is 30.3 Å². The highest BCUT2D eigenvalue weighted by Crippen LogP contribution is 2.16. The number of carboxylic acid groups (broad SMARTS) is 2. The van der Waals surface area contributed by atoms with Crippen molar-refractivity contribution in [3.05, 3.63) is 42.1 Å². The summed E-state index contributed by atoms with van der Waals surface area (Å²) in [6.45, 7) is 0.819. The minimum Gasteiger partial charge on any atom is -0.473 e. The van der Waals surface area contributed by atoms with Gasteiger partial charge in [-0.05, 0) is 13.1 Å². The summed E-state index contributed by atoms with van der Waals surface area (Å²) in [5.74, 6) is -3.65. The largest absolute Gasteiger partial charge is 0.473 e. The van der Waals surface area contributed by atoms with Crippen molar-refractivity contribution in [3.8, 4) is 11.3 Å². The average molecular weight is 277 g/mol. The molecular formula is C13H15N3O4. The minimum atomic E-state index is -1.82. The maximum absolute atomic E-state index is 9.10. The van der Waals surface area contributed by atoms with Gasteiger partial charge in [-0.2, -0.15) is 5.10 Å². The molecule has 0 radical (unpaired) electrons. The number of aromatic nitrogens is 2. The quantitative estimate of drug-likeness (QED) is 0.621. The number of aromatic amines is 1. The van der Waals surface area contributed by atoms with E-state index in [-0.39, 0.29) is 0 Å². The summed E-state index contributed by atoms with van der Waals surface area (Å²) in [5, 5.41) is 25.1. The average Bonchev–Trinajstić information content (AvgIpc) is 2.89. The highest BCUT2D eigenvalue weighted by molar-refractivity contribution is 6.27. The first-order valence-electron chi connectivity index (χ1n) is 5.75. The van der Waals surface area contributed by atoms with Crippen LogP contribution in [0, 0.1) is 0 Å². The van der Waals surface area contributed by atoms with E-state index in [0.29, 0.717) is 0 Å². The van der Waals surface area contributed by atoms with Gasteiger partial charge in [0.05, 0.1) is 5.69 Å². The number of nitrogens with zero attached hydrogens (tertiary/aromatic N) is 1. The Morgan fingerprint density at radius 3 is 2.30 bits per heavy atom. The lowest BCUT2D eigenvalue weighted by atomic mass is 10.1. The van der Waals surface area contributed by atoms with Gasteiger partial charge in [0.15, 0.2) is 0 Å². The Bertz CT molecular complexity index is 554.